The molecule has 1 saturated heterocycles. The maximum atomic E-state index is 12.4. The predicted octanol–water partition coefficient (Wildman–Crippen LogP) is 2.95. The number of aliphatic hydroxyl groups excluding tert-OH is 1. The summed E-state index contributed by atoms with van der Waals surface area (Å²) in [5.41, 5.74) is 0.294. The van der Waals surface area contributed by atoms with Gasteiger partial charge >= 0.3 is 5.97 Å². The van der Waals surface area contributed by atoms with Crippen molar-refractivity contribution in [1.82, 2.24) is 0 Å². The van der Waals surface area contributed by atoms with Crippen LogP contribution in [0, 0.1) is 11.3 Å². The SMILES string of the molecule is C\C=C(/C=C(C)/C=C/CC/C=C(\C)C(=O)[C@@]1(C#N)O[C@@H]1[C@@H](C)O)C(=O)OC. The molecule has 0 aromatic heterocycles. The third-order valence-electron chi connectivity index (χ3n) is 4.24. The molecule has 3 atom stereocenters. The van der Waals surface area contributed by atoms with Gasteiger partial charge in [0.05, 0.1) is 18.8 Å². The molecule has 0 bridgehead atoms. The van der Waals surface area contributed by atoms with Crippen LogP contribution in [0.15, 0.2) is 47.1 Å². The maximum Gasteiger partial charge on any atom is 0.337 e. The van der Waals surface area contributed by atoms with Gasteiger partial charge in [-0.2, -0.15) is 5.26 Å². The summed E-state index contributed by atoms with van der Waals surface area (Å²) in [6.45, 7) is 6.79. The molecule has 1 heterocycles. The first kappa shape index (κ1) is 22.6. The van der Waals surface area contributed by atoms with E-state index in [4.69, 9.17) is 9.47 Å². The van der Waals surface area contributed by atoms with Crippen LogP contribution in [0.1, 0.15) is 40.5 Å². The van der Waals surface area contributed by atoms with Gasteiger partial charge in [0.15, 0.2) is 0 Å². The number of unbranched alkanes of at least 4 members (excludes halogenated alkanes) is 1. The third kappa shape index (κ3) is 5.75. The van der Waals surface area contributed by atoms with Crippen LogP contribution in [-0.4, -0.2) is 41.8 Å². The van der Waals surface area contributed by atoms with E-state index < -0.39 is 23.6 Å². The Kier molecular flexibility index (Phi) is 8.35. The minimum absolute atomic E-state index is 0.383. The standard InChI is InChI=1S/C21H27NO5/c1-6-17(20(25)26-5)12-14(2)10-8-7-9-11-15(3)18(24)21(13-22)19(27-21)16(4)23/h6,8,10-12,16,19,23H,7,9H2,1-5H3/b10-8+,14-12+,15-11+,17-6+/t16-,19-,21-/m1/s1. The molecular formula is C21H27NO5. The van der Waals surface area contributed by atoms with Crippen LogP contribution in [0.3, 0.4) is 0 Å². The smallest absolute Gasteiger partial charge is 0.337 e. The number of rotatable bonds is 9. The fourth-order valence-corrected chi connectivity index (χ4v) is 2.65. The van der Waals surface area contributed by atoms with Crippen molar-refractivity contribution in [2.45, 2.75) is 58.3 Å². The van der Waals surface area contributed by atoms with Gasteiger partial charge < -0.3 is 14.6 Å². The number of nitriles is 1. The van der Waals surface area contributed by atoms with Crippen LogP contribution in [0.2, 0.25) is 0 Å². The van der Waals surface area contributed by atoms with Crippen LogP contribution >= 0.6 is 0 Å². The molecule has 0 aliphatic carbocycles. The average molecular weight is 373 g/mol. The average Bonchev–Trinajstić information content (AvgIpc) is 3.40. The number of allylic oxidation sites excluding steroid dienone is 5. The van der Waals surface area contributed by atoms with Gasteiger partial charge in [-0.25, -0.2) is 4.79 Å². The minimum atomic E-state index is -1.54. The lowest BCUT2D eigenvalue weighted by molar-refractivity contribution is -0.135. The zero-order valence-electron chi connectivity index (χ0n) is 16.5. The van der Waals surface area contributed by atoms with Crippen molar-refractivity contribution in [3.63, 3.8) is 0 Å². The summed E-state index contributed by atoms with van der Waals surface area (Å²) >= 11 is 0. The molecule has 1 N–H and O–H groups in total. The number of hydrogen-bond donors (Lipinski definition) is 1. The number of aliphatic hydroxyl groups is 1. The second kappa shape index (κ2) is 10.0. The monoisotopic (exact) mass is 373 g/mol. The molecular weight excluding hydrogens is 346 g/mol. The van der Waals surface area contributed by atoms with Crippen molar-refractivity contribution in [1.29, 1.82) is 5.26 Å². The highest BCUT2D eigenvalue weighted by atomic mass is 16.6. The first-order valence-electron chi connectivity index (χ1n) is 8.81. The molecule has 0 radical (unpaired) electrons. The molecule has 0 amide bonds. The normalized spacial score (nSPS) is 24.5. The van der Waals surface area contributed by atoms with E-state index in [9.17, 15) is 20.0 Å². The largest absolute Gasteiger partial charge is 0.465 e. The summed E-state index contributed by atoms with van der Waals surface area (Å²) in [5.74, 6) is -0.779. The lowest BCUT2D eigenvalue weighted by Gasteiger charge is -2.05. The Morgan fingerprint density at radius 1 is 1.37 bits per heavy atom. The van der Waals surface area contributed by atoms with Gasteiger partial charge in [-0.15, -0.1) is 0 Å². The number of hydrogen-bond acceptors (Lipinski definition) is 6. The molecule has 1 aliphatic heterocycles. The summed E-state index contributed by atoms with van der Waals surface area (Å²) in [6.07, 6.45) is 8.70. The van der Waals surface area contributed by atoms with E-state index >= 15 is 0 Å². The molecule has 0 aromatic carbocycles. The van der Waals surface area contributed by atoms with Gasteiger partial charge in [-0.05, 0) is 52.2 Å². The van der Waals surface area contributed by atoms with E-state index in [2.05, 4.69) is 0 Å². The maximum absolute atomic E-state index is 12.4. The van der Waals surface area contributed by atoms with E-state index in [1.807, 2.05) is 25.1 Å². The number of carbonyl (C=O) groups is 2. The summed E-state index contributed by atoms with van der Waals surface area (Å²) in [4.78, 5) is 23.9. The second-order valence-corrected chi connectivity index (χ2v) is 6.45. The van der Waals surface area contributed by atoms with Gasteiger partial charge in [0.25, 0.3) is 0 Å². The number of esters is 1. The Balaban J connectivity index is 2.60. The summed E-state index contributed by atoms with van der Waals surface area (Å²) in [6, 6.07) is 1.88. The number of carbonyl (C=O) groups excluding carboxylic acids is 2. The van der Waals surface area contributed by atoms with E-state index in [1.165, 1.54) is 14.0 Å². The highest BCUT2D eigenvalue weighted by Crippen LogP contribution is 2.41. The minimum Gasteiger partial charge on any atom is -0.465 e. The van der Waals surface area contributed by atoms with Crippen LogP contribution < -0.4 is 0 Å². The van der Waals surface area contributed by atoms with E-state index in [0.29, 0.717) is 24.0 Å². The van der Waals surface area contributed by atoms with Crippen molar-refractivity contribution in [3.8, 4) is 6.07 Å². The lowest BCUT2D eigenvalue weighted by atomic mass is 9.93. The van der Waals surface area contributed by atoms with E-state index in [-0.39, 0.29) is 5.97 Å². The van der Waals surface area contributed by atoms with Crippen LogP contribution in [0.4, 0.5) is 0 Å². The van der Waals surface area contributed by atoms with Crippen LogP contribution in [0.25, 0.3) is 0 Å². The number of methoxy groups -OCH3 is 1. The molecule has 1 rings (SSSR count). The first-order chi connectivity index (χ1) is 12.7. The van der Waals surface area contributed by atoms with Crippen molar-refractivity contribution >= 4 is 11.8 Å². The Labute approximate surface area is 160 Å². The Morgan fingerprint density at radius 3 is 2.52 bits per heavy atom. The van der Waals surface area contributed by atoms with Crippen molar-refractivity contribution in [2.24, 2.45) is 0 Å². The number of ether oxygens (including phenoxy) is 2. The van der Waals surface area contributed by atoms with Crippen molar-refractivity contribution in [3.05, 3.63) is 47.1 Å². The van der Waals surface area contributed by atoms with Crippen LogP contribution in [-0.2, 0) is 19.1 Å². The van der Waals surface area contributed by atoms with Crippen molar-refractivity contribution in [2.75, 3.05) is 7.11 Å². The molecule has 1 fully saturated rings. The van der Waals surface area contributed by atoms with E-state index in [0.717, 1.165) is 5.57 Å². The molecule has 0 aromatic rings. The summed E-state index contributed by atoms with van der Waals surface area (Å²) < 4.78 is 9.86. The molecule has 0 unspecified atom stereocenters. The van der Waals surface area contributed by atoms with Gasteiger partial charge in [-0.3, -0.25) is 4.79 Å². The third-order valence-corrected chi connectivity index (χ3v) is 4.24. The second-order valence-electron chi connectivity index (χ2n) is 6.45. The fourth-order valence-electron chi connectivity index (χ4n) is 2.65. The highest BCUT2D eigenvalue weighted by Gasteiger charge is 2.65. The Hall–Kier alpha value is -2.49. The van der Waals surface area contributed by atoms with Gasteiger partial charge in [0.1, 0.15) is 12.2 Å². The molecule has 27 heavy (non-hydrogen) atoms. The summed E-state index contributed by atoms with van der Waals surface area (Å²) in [7, 11) is 1.34. The molecule has 0 saturated carbocycles. The Bertz CT molecular complexity index is 736. The summed E-state index contributed by atoms with van der Waals surface area (Å²) in [5, 5.41) is 18.7. The molecule has 6 heteroatoms. The number of nitrogens with zero attached hydrogens (tertiary/aromatic N) is 1. The fraction of sp³-hybridized carbons (Fsp3) is 0.476. The van der Waals surface area contributed by atoms with Gasteiger partial charge in [0, 0.05) is 0 Å². The predicted molar refractivity (Wildman–Crippen MR) is 102 cm³/mol. The number of ketones is 1. The van der Waals surface area contributed by atoms with Gasteiger partial charge in [-0.1, -0.05) is 29.9 Å². The highest BCUT2D eigenvalue weighted by molar-refractivity contribution is 6.06. The zero-order chi connectivity index (χ0) is 20.6. The van der Waals surface area contributed by atoms with Crippen LogP contribution in [0.5, 0.6) is 0 Å². The molecule has 6 nitrogen and oxygen atoms in total. The first-order valence-corrected chi connectivity index (χ1v) is 8.81. The number of Topliss-reactive ketones (excluding diaryl/α,β-unsaturated/α-hetero) is 1. The quantitative estimate of drug-likeness (QED) is 0.219. The lowest BCUT2D eigenvalue weighted by Crippen LogP contribution is -2.30. The van der Waals surface area contributed by atoms with Crippen molar-refractivity contribution < 1.29 is 24.2 Å². The Morgan fingerprint density at radius 2 is 2.04 bits per heavy atom. The topological polar surface area (TPSA) is 99.9 Å². The number of epoxide rings is 1. The molecule has 0 spiro atoms. The van der Waals surface area contributed by atoms with Gasteiger partial charge in [0.2, 0.25) is 11.4 Å². The molecule has 146 valence electrons. The zero-order valence-corrected chi connectivity index (χ0v) is 16.5. The molecule has 1 aliphatic rings. The van der Waals surface area contributed by atoms with E-state index in [1.54, 1.807) is 32.1 Å².